The SMILES string of the molecule is C=CCNC(=O)CNC(=O)Cc1cccc(F)c1. The summed E-state index contributed by atoms with van der Waals surface area (Å²) in [6.45, 7) is 3.72. The predicted molar refractivity (Wildman–Crippen MR) is 66.3 cm³/mol. The van der Waals surface area contributed by atoms with Crippen LogP contribution >= 0.6 is 0 Å². The van der Waals surface area contributed by atoms with Crippen LogP contribution in [0.3, 0.4) is 0 Å². The molecule has 4 nitrogen and oxygen atoms in total. The van der Waals surface area contributed by atoms with Crippen LogP contribution in [0.15, 0.2) is 36.9 Å². The van der Waals surface area contributed by atoms with Crippen LogP contribution < -0.4 is 10.6 Å². The van der Waals surface area contributed by atoms with Crippen molar-refractivity contribution in [3.05, 3.63) is 48.3 Å². The molecule has 0 aromatic heterocycles. The third-order valence-corrected chi connectivity index (χ3v) is 2.14. The summed E-state index contributed by atoms with van der Waals surface area (Å²) in [5.74, 6) is -0.999. The zero-order chi connectivity index (χ0) is 13.4. The van der Waals surface area contributed by atoms with Crippen molar-refractivity contribution < 1.29 is 14.0 Å². The summed E-state index contributed by atoms with van der Waals surface area (Å²) < 4.78 is 12.9. The van der Waals surface area contributed by atoms with Gasteiger partial charge in [0.25, 0.3) is 0 Å². The van der Waals surface area contributed by atoms with Crippen LogP contribution in [0.5, 0.6) is 0 Å². The number of carbonyl (C=O) groups excluding carboxylic acids is 2. The summed E-state index contributed by atoms with van der Waals surface area (Å²) in [6.07, 6.45) is 1.60. The molecule has 0 aliphatic rings. The number of benzene rings is 1. The van der Waals surface area contributed by atoms with E-state index < -0.39 is 0 Å². The molecule has 2 N–H and O–H groups in total. The first-order valence-electron chi connectivity index (χ1n) is 5.50. The van der Waals surface area contributed by atoms with Crippen LogP contribution in [0.25, 0.3) is 0 Å². The number of hydrogen-bond donors (Lipinski definition) is 2. The van der Waals surface area contributed by atoms with E-state index in [1.165, 1.54) is 18.2 Å². The molecule has 0 saturated carbocycles. The lowest BCUT2D eigenvalue weighted by Crippen LogP contribution is -2.37. The number of halogens is 1. The van der Waals surface area contributed by atoms with Gasteiger partial charge in [0.05, 0.1) is 13.0 Å². The number of nitrogens with one attached hydrogen (secondary N) is 2. The molecular weight excluding hydrogens is 235 g/mol. The van der Waals surface area contributed by atoms with E-state index in [4.69, 9.17) is 0 Å². The molecule has 0 unspecified atom stereocenters. The lowest BCUT2D eigenvalue weighted by atomic mass is 10.1. The Morgan fingerprint density at radius 1 is 1.28 bits per heavy atom. The van der Waals surface area contributed by atoms with Gasteiger partial charge >= 0.3 is 0 Å². The Kier molecular flexibility index (Phi) is 5.57. The molecule has 1 aromatic rings. The Morgan fingerprint density at radius 3 is 2.72 bits per heavy atom. The average Bonchev–Trinajstić information content (AvgIpc) is 2.34. The fraction of sp³-hybridized carbons (Fsp3) is 0.231. The van der Waals surface area contributed by atoms with Crippen LogP contribution in [0.2, 0.25) is 0 Å². The number of rotatable bonds is 6. The molecule has 18 heavy (non-hydrogen) atoms. The highest BCUT2D eigenvalue weighted by molar-refractivity contribution is 5.85. The topological polar surface area (TPSA) is 58.2 Å². The largest absolute Gasteiger partial charge is 0.351 e. The summed E-state index contributed by atoms with van der Waals surface area (Å²) >= 11 is 0. The Bertz CT molecular complexity index is 446. The third-order valence-electron chi connectivity index (χ3n) is 2.14. The van der Waals surface area contributed by atoms with E-state index >= 15 is 0 Å². The Balaban J connectivity index is 2.33. The fourth-order valence-electron chi connectivity index (χ4n) is 1.32. The van der Waals surface area contributed by atoms with E-state index in [2.05, 4.69) is 17.2 Å². The smallest absolute Gasteiger partial charge is 0.239 e. The first-order valence-corrected chi connectivity index (χ1v) is 5.50. The van der Waals surface area contributed by atoms with E-state index in [0.29, 0.717) is 12.1 Å². The summed E-state index contributed by atoms with van der Waals surface area (Å²) in [7, 11) is 0. The summed E-state index contributed by atoms with van der Waals surface area (Å²) in [4.78, 5) is 22.6. The Hall–Kier alpha value is -2.17. The van der Waals surface area contributed by atoms with Gasteiger partial charge in [0, 0.05) is 6.54 Å². The summed E-state index contributed by atoms with van der Waals surface area (Å²) in [6, 6.07) is 5.79. The monoisotopic (exact) mass is 250 g/mol. The summed E-state index contributed by atoms with van der Waals surface area (Å²) in [5.41, 5.74) is 0.569. The molecule has 0 spiro atoms. The second-order valence-electron chi connectivity index (χ2n) is 3.68. The minimum absolute atomic E-state index is 0.0481. The quantitative estimate of drug-likeness (QED) is 0.733. The van der Waals surface area contributed by atoms with Crippen molar-refractivity contribution in [2.45, 2.75) is 6.42 Å². The average molecular weight is 250 g/mol. The highest BCUT2D eigenvalue weighted by Crippen LogP contribution is 2.03. The second-order valence-corrected chi connectivity index (χ2v) is 3.68. The van der Waals surface area contributed by atoms with Gasteiger partial charge in [-0.25, -0.2) is 4.39 Å². The van der Waals surface area contributed by atoms with Crippen molar-refractivity contribution in [1.29, 1.82) is 0 Å². The molecule has 1 aromatic carbocycles. The van der Waals surface area contributed by atoms with Gasteiger partial charge in [0.1, 0.15) is 5.82 Å². The second kappa shape index (κ2) is 7.21. The molecule has 0 heterocycles. The highest BCUT2D eigenvalue weighted by atomic mass is 19.1. The van der Waals surface area contributed by atoms with Gasteiger partial charge in [-0.1, -0.05) is 18.2 Å². The zero-order valence-electron chi connectivity index (χ0n) is 9.91. The molecule has 1 rings (SSSR count). The zero-order valence-corrected chi connectivity index (χ0v) is 9.91. The Labute approximate surface area is 105 Å². The molecule has 0 saturated heterocycles. The standard InChI is InChI=1S/C13H15FN2O2/c1-2-6-15-13(18)9-16-12(17)8-10-4-3-5-11(14)7-10/h2-5,7H,1,6,8-9H2,(H,15,18)(H,16,17). The van der Waals surface area contributed by atoms with Gasteiger partial charge in [0.2, 0.25) is 11.8 Å². The highest BCUT2D eigenvalue weighted by Gasteiger charge is 2.06. The van der Waals surface area contributed by atoms with Crippen molar-refractivity contribution >= 4 is 11.8 Å². The molecular formula is C13H15FN2O2. The molecule has 96 valence electrons. The third kappa shape index (κ3) is 5.25. The lowest BCUT2D eigenvalue weighted by Gasteiger charge is -2.05. The van der Waals surface area contributed by atoms with Crippen LogP contribution in [0.4, 0.5) is 4.39 Å². The maximum absolute atomic E-state index is 12.9. The molecule has 5 heteroatoms. The van der Waals surface area contributed by atoms with Crippen LogP contribution in [0, 0.1) is 5.82 Å². The number of carbonyl (C=O) groups is 2. The normalized spacial score (nSPS) is 9.61. The molecule has 0 aliphatic carbocycles. The van der Waals surface area contributed by atoms with Gasteiger partial charge in [0.15, 0.2) is 0 Å². The van der Waals surface area contributed by atoms with Crippen molar-refractivity contribution in [1.82, 2.24) is 10.6 Å². The lowest BCUT2D eigenvalue weighted by molar-refractivity contribution is -0.125. The fourth-order valence-corrected chi connectivity index (χ4v) is 1.32. The van der Waals surface area contributed by atoms with E-state index in [1.807, 2.05) is 0 Å². The molecule has 0 bridgehead atoms. The molecule has 0 atom stereocenters. The van der Waals surface area contributed by atoms with E-state index in [1.54, 1.807) is 12.1 Å². The molecule has 2 amide bonds. The minimum atomic E-state index is -0.385. The van der Waals surface area contributed by atoms with Crippen molar-refractivity contribution in [2.75, 3.05) is 13.1 Å². The van der Waals surface area contributed by atoms with Crippen LogP contribution in [-0.4, -0.2) is 24.9 Å². The molecule has 0 fully saturated rings. The predicted octanol–water partition coefficient (Wildman–Crippen LogP) is 0.787. The van der Waals surface area contributed by atoms with Crippen LogP contribution in [-0.2, 0) is 16.0 Å². The van der Waals surface area contributed by atoms with Gasteiger partial charge < -0.3 is 10.6 Å². The molecule has 0 radical (unpaired) electrons. The van der Waals surface area contributed by atoms with Gasteiger partial charge in [-0.05, 0) is 17.7 Å². The number of amides is 2. The van der Waals surface area contributed by atoms with Crippen molar-refractivity contribution in [3.8, 4) is 0 Å². The molecule has 0 aliphatic heterocycles. The van der Waals surface area contributed by atoms with Gasteiger partial charge in [-0.3, -0.25) is 9.59 Å². The maximum atomic E-state index is 12.9. The van der Waals surface area contributed by atoms with E-state index in [0.717, 1.165) is 0 Å². The maximum Gasteiger partial charge on any atom is 0.239 e. The van der Waals surface area contributed by atoms with E-state index in [9.17, 15) is 14.0 Å². The van der Waals surface area contributed by atoms with Crippen molar-refractivity contribution in [2.24, 2.45) is 0 Å². The minimum Gasteiger partial charge on any atom is -0.351 e. The first kappa shape index (κ1) is 13.9. The van der Waals surface area contributed by atoms with Crippen LogP contribution in [0.1, 0.15) is 5.56 Å². The Morgan fingerprint density at radius 2 is 2.06 bits per heavy atom. The first-order chi connectivity index (χ1) is 8.61. The van der Waals surface area contributed by atoms with Gasteiger partial charge in [-0.2, -0.15) is 0 Å². The number of hydrogen-bond acceptors (Lipinski definition) is 2. The van der Waals surface area contributed by atoms with Gasteiger partial charge in [-0.15, -0.1) is 6.58 Å². The van der Waals surface area contributed by atoms with E-state index in [-0.39, 0.29) is 30.6 Å². The van der Waals surface area contributed by atoms with Crippen molar-refractivity contribution in [3.63, 3.8) is 0 Å². The summed E-state index contributed by atoms with van der Waals surface area (Å²) in [5, 5.41) is 4.98.